The van der Waals surface area contributed by atoms with Crippen LogP contribution in [0.25, 0.3) is 0 Å². The molecule has 30 heavy (non-hydrogen) atoms. The molecule has 0 saturated carbocycles. The lowest BCUT2D eigenvalue weighted by Crippen LogP contribution is -2.37. The molecule has 154 valence electrons. The zero-order chi connectivity index (χ0) is 21.8. The van der Waals surface area contributed by atoms with Crippen molar-refractivity contribution in [1.82, 2.24) is 0 Å². The van der Waals surface area contributed by atoms with Gasteiger partial charge < -0.3 is 0 Å². The smallest absolute Gasteiger partial charge is 0.246 e. The summed E-state index contributed by atoms with van der Waals surface area (Å²) in [6.07, 6.45) is 0. The molecule has 3 aromatic rings. The summed E-state index contributed by atoms with van der Waals surface area (Å²) in [6.45, 7) is 10.2. The number of benzene rings is 3. The van der Waals surface area contributed by atoms with Gasteiger partial charge in [0.1, 0.15) is 5.82 Å². The molecular weight excluding hydrogens is 397 g/mol. The quantitative estimate of drug-likeness (QED) is 0.433. The molecule has 0 aromatic heterocycles. The van der Waals surface area contributed by atoms with Gasteiger partial charge in [0.2, 0.25) is 5.91 Å². The third kappa shape index (κ3) is 3.22. The minimum Gasteiger partial charge on any atom is -0.280 e. The Labute approximate surface area is 182 Å². The third-order valence-corrected chi connectivity index (χ3v) is 6.22. The highest BCUT2D eigenvalue weighted by Crippen LogP contribution is 2.50. The van der Waals surface area contributed by atoms with E-state index in [0.717, 1.165) is 22.4 Å². The van der Waals surface area contributed by atoms with Crippen LogP contribution in [0.5, 0.6) is 0 Å². The number of rotatable bonds is 2. The van der Waals surface area contributed by atoms with E-state index in [2.05, 4.69) is 32.9 Å². The van der Waals surface area contributed by atoms with Crippen molar-refractivity contribution in [3.8, 4) is 0 Å². The fraction of sp³-hybridized carbons (Fsp3) is 0.269. The molecule has 4 heteroatoms. The molecule has 2 nitrogen and oxygen atoms in total. The molecule has 0 N–H and O–H groups in total. The lowest BCUT2D eigenvalue weighted by molar-refractivity contribution is -0.120. The molecule has 3 aromatic carbocycles. The van der Waals surface area contributed by atoms with Gasteiger partial charge in [-0.25, -0.2) is 4.39 Å². The maximum Gasteiger partial charge on any atom is 0.246 e. The van der Waals surface area contributed by atoms with Crippen LogP contribution >= 0.6 is 11.6 Å². The highest BCUT2D eigenvalue weighted by molar-refractivity contribution is 6.31. The van der Waals surface area contributed by atoms with E-state index in [4.69, 9.17) is 11.6 Å². The minimum absolute atomic E-state index is 0.0193. The molecule has 1 heterocycles. The van der Waals surface area contributed by atoms with Gasteiger partial charge in [-0.15, -0.1) is 0 Å². The maximum absolute atomic E-state index is 14.2. The van der Waals surface area contributed by atoms with Crippen molar-refractivity contribution in [1.29, 1.82) is 0 Å². The first-order valence-corrected chi connectivity index (χ1v) is 10.4. The summed E-state index contributed by atoms with van der Waals surface area (Å²) in [7, 11) is 0. The highest BCUT2D eigenvalue weighted by Gasteiger charge is 2.49. The van der Waals surface area contributed by atoms with Crippen LogP contribution in [0, 0.1) is 12.7 Å². The summed E-state index contributed by atoms with van der Waals surface area (Å²) in [4.78, 5) is 15.5. The second kappa shape index (κ2) is 6.95. The van der Waals surface area contributed by atoms with Gasteiger partial charge in [-0.05, 0) is 77.9 Å². The monoisotopic (exact) mass is 421 g/mol. The van der Waals surface area contributed by atoms with Crippen molar-refractivity contribution in [2.24, 2.45) is 0 Å². The van der Waals surface area contributed by atoms with Crippen LogP contribution in [0.1, 0.15) is 49.9 Å². The molecule has 0 spiro atoms. The molecule has 1 atom stereocenters. The first-order valence-electron chi connectivity index (χ1n) is 10.0. The molecule has 0 aliphatic carbocycles. The minimum atomic E-state index is -0.920. The summed E-state index contributed by atoms with van der Waals surface area (Å²) in [5.41, 5.74) is 4.03. The summed E-state index contributed by atoms with van der Waals surface area (Å²) in [5, 5.41) is 0.566. The molecule has 4 rings (SSSR count). The van der Waals surface area contributed by atoms with Gasteiger partial charge in [0.25, 0.3) is 0 Å². The van der Waals surface area contributed by atoms with E-state index < -0.39 is 5.41 Å². The van der Waals surface area contributed by atoms with Crippen LogP contribution in [0.3, 0.4) is 0 Å². The van der Waals surface area contributed by atoms with E-state index in [1.807, 2.05) is 44.2 Å². The van der Waals surface area contributed by atoms with E-state index >= 15 is 0 Å². The number of fused-ring (bicyclic) bond motifs is 1. The van der Waals surface area contributed by atoms with Crippen molar-refractivity contribution < 1.29 is 9.18 Å². The van der Waals surface area contributed by atoms with Crippen molar-refractivity contribution in [2.45, 2.75) is 45.4 Å². The zero-order valence-corrected chi connectivity index (χ0v) is 18.6. The Kier molecular flexibility index (Phi) is 4.78. The molecule has 1 unspecified atom stereocenters. The van der Waals surface area contributed by atoms with Gasteiger partial charge in [-0.3, -0.25) is 9.69 Å². The number of amides is 1. The van der Waals surface area contributed by atoms with Gasteiger partial charge in [-0.2, -0.15) is 0 Å². The van der Waals surface area contributed by atoms with Crippen molar-refractivity contribution in [3.05, 3.63) is 93.8 Å². The van der Waals surface area contributed by atoms with Crippen molar-refractivity contribution >= 4 is 28.9 Å². The number of anilines is 2. The van der Waals surface area contributed by atoms with E-state index in [-0.39, 0.29) is 17.1 Å². The van der Waals surface area contributed by atoms with Crippen LogP contribution in [0.2, 0.25) is 5.02 Å². The molecule has 1 aliphatic heterocycles. The number of carbonyl (C=O) groups excluding carboxylic acids is 1. The Morgan fingerprint density at radius 2 is 1.63 bits per heavy atom. The second-order valence-corrected chi connectivity index (χ2v) is 9.68. The first-order chi connectivity index (χ1) is 14.0. The Balaban J connectivity index is 1.91. The number of nitrogens with zero attached hydrogens (tertiary/aromatic N) is 1. The van der Waals surface area contributed by atoms with Crippen LogP contribution < -0.4 is 4.90 Å². The average Bonchev–Trinajstić information content (AvgIpc) is 2.88. The van der Waals surface area contributed by atoms with Gasteiger partial charge in [0.15, 0.2) is 0 Å². The fourth-order valence-corrected chi connectivity index (χ4v) is 4.41. The molecule has 1 amide bonds. The summed E-state index contributed by atoms with van der Waals surface area (Å²) in [6, 6.07) is 18.3. The maximum atomic E-state index is 14.2. The Bertz CT molecular complexity index is 1130. The van der Waals surface area contributed by atoms with Crippen LogP contribution in [0.4, 0.5) is 15.8 Å². The summed E-state index contributed by atoms with van der Waals surface area (Å²) in [5.74, 6) is -0.482. The Morgan fingerprint density at radius 3 is 2.23 bits per heavy atom. The molecular formula is C26H25ClFNO. The largest absolute Gasteiger partial charge is 0.280 e. The SMILES string of the molecule is Cc1cc(F)cc(N2C(=O)C(C)(c3ccc(C(C)(C)C)cc3)c3cc(Cl)ccc32)c1. The predicted molar refractivity (Wildman–Crippen MR) is 121 cm³/mol. The number of carbonyl (C=O) groups is 1. The van der Waals surface area contributed by atoms with Gasteiger partial charge in [0.05, 0.1) is 16.8 Å². The van der Waals surface area contributed by atoms with E-state index in [0.29, 0.717) is 10.7 Å². The zero-order valence-electron chi connectivity index (χ0n) is 17.9. The topological polar surface area (TPSA) is 20.3 Å². The average molecular weight is 422 g/mol. The number of hydrogen-bond acceptors (Lipinski definition) is 1. The van der Waals surface area contributed by atoms with E-state index in [1.54, 1.807) is 11.0 Å². The standard InChI is InChI=1S/C26H25ClFNO/c1-16-12-20(28)15-21(13-16)29-23-11-10-19(27)14-22(23)26(5,24(29)30)18-8-6-17(7-9-18)25(2,3)4/h6-15H,1-5H3. The highest BCUT2D eigenvalue weighted by atomic mass is 35.5. The van der Waals surface area contributed by atoms with Gasteiger partial charge >= 0.3 is 0 Å². The van der Waals surface area contributed by atoms with Crippen LogP contribution in [-0.2, 0) is 15.6 Å². The molecule has 0 bridgehead atoms. The molecule has 1 aliphatic rings. The third-order valence-electron chi connectivity index (χ3n) is 5.98. The molecule has 0 radical (unpaired) electrons. The Morgan fingerprint density at radius 1 is 0.967 bits per heavy atom. The van der Waals surface area contributed by atoms with E-state index in [9.17, 15) is 9.18 Å². The predicted octanol–water partition coefficient (Wildman–Crippen LogP) is 7.07. The number of aryl methyl sites for hydroxylation is 1. The van der Waals surface area contributed by atoms with Gasteiger partial charge in [0, 0.05) is 5.02 Å². The van der Waals surface area contributed by atoms with Crippen molar-refractivity contribution in [2.75, 3.05) is 4.90 Å². The summed E-state index contributed by atoms with van der Waals surface area (Å²) < 4.78 is 14.2. The van der Waals surface area contributed by atoms with Crippen LogP contribution in [0.15, 0.2) is 60.7 Å². The number of hydrogen-bond donors (Lipinski definition) is 0. The molecule has 0 fully saturated rings. The van der Waals surface area contributed by atoms with E-state index in [1.165, 1.54) is 17.7 Å². The second-order valence-electron chi connectivity index (χ2n) is 9.24. The van der Waals surface area contributed by atoms with Crippen LogP contribution in [-0.4, -0.2) is 5.91 Å². The lowest BCUT2D eigenvalue weighted by Gasteiger charge is -2.27. The molecule has 0 saturated heterocycles. The summed E-state index contributed by atoms with van der Waals surface area (Å²) >= 11 is 6.33. The lowest BCUT2D eigenvalue weighted by atomic mass is 9.76. The van der Waals surface area contributed by atoms with Gasteiger partial charge in [-0.1, -0.05) is 56.6 Å². The first kappa shape index (κ1) is 20.6. The number of halogens is 2. The normalized spacial score (nSPS) is 18.6. The fourth-order valence-electron chi connectivity index (χ4n) is 4.24. The Hall–Kier alpha value is -2.65. The van der Waals surface area contributed by atoms with Crippen molar-refractivity contribution in [3.63, 3.8) is 0 Å².